The molecule has 154 valence electrons. The van der Waals surface area contributed by atoms with Crippen LogP contribution in [0.4, 0.5) is 9.59 Å². The van der Waals surface area contributed by atoms with Crippen molar-refractivity contribution in [3.05, 3.63) is 48.0 Å². The molecule has 2 amide bonds. The average molecular weight is 393 g/mol. The lowest BCUT2D eigenvalue weighted by atomic mass is 10.2. The van der Waals surface area contributed by atoms with Gasteiger partial charge in [0.25, 0.3) is 0 Å². The van der Waals surface area contributed by atoms with E-state index < -0.39 is 29.9 Å². The summed E-state index contributed by atoms with van der Waals surface area (Å²) in [6.45, 7) is 4.85. The Morgan fingerprint density at radius 2 is 1.79 bits per heavy atom. The van der Waals surface area contributed by atoms with Crippen LogP contribution < -0.4 is 0 Å². The minimum absolute atomic E-state index is 0.00677. The molecule has 1 rings (SSSR count). The number of benzene rings is 1. The zero-order valence-corrected chi connectivity index (χ0v) is 16.6. The summed E-state index contributed by atoms with van der Waals surface area (Å²) in [4.78, 5) is 36.6. The van der Waals surface area contributed by atoms with Crippen molar-refractivity contribution in [2.45, 2.75) is 45.5 Å². The lowest BCUT2D eigenvalue weighted by Gasteiger charge is -2.26. The molecule has 8 heteroatoms. The molecule has 0 saturated carbocycles. The predicted molar refractivity (Wildman–Crippen MR) is 101 cm³/mol. The molecule has 0 heterocycles. The first kappa shape index (κ1) is 23.2. The van der Waals surface area contributed by atoms with Crippen molar-refractivity contribution < 1.29 is 33.7 Å². The van der Waals surface area contributed by atoms with Gasteiger partial charge < -0.3 is 19.3 Å². The molecule has 1 aromatic rings. The van der Waals surface area contributed by atoms with Crippen LogP contribution in [-0.4, -0.2) is 53.5 Å². The van der Waals surface area contributed by atoms with Crippen molar-refractivity contribution in [1.82, 2.24) is 4.90 Å². The molecule has 0 spiro atoms. The van der Waals surface area contributed by atoms with Crippen LogP contribution in [0.1, 0.15) is 32.8 Å². The van der Waals surface area contributed by atoms with Gasteiger partial charge in [-0.15, -0.1) is 0 Å². The Morgan fingerprint density at radius 1 is 1.14 bits per heavy atom. The Morgan fingerprint density at radius 3 is 2.36 bits per heavy atom. The van der Waals surface area contributed by atoms with E-state index in [1.807, 2.05) is 6.07 Å². The third-order valence-corrected chi connectivity index (χ3v) is 3.34. The van der Waals surface area contributed by atoms with Gasteiger partial charge >= 0.3 is 18.2 Å². The SMILES string of the molecule is COC(=O)/C=C/C(O)CCN(C(=O)OCc1ccccc1)C(=O)OC(C)(C)C. The van der Waals surface area contributed by atoms with Gasteiger partial charge in [0, 0.05) is 12.6 Å². The number of esters is 1. The number of imide groups is 1. The summed E-state index contributed by atoms with van der Waals surface area (Å²) in [5.74, 6) is -0.620. The van der Waals surface area contributed by atoms with Gasteiger partial charge in [0.2, 0.25) is 0 Å². The van der Waals surface area contributed by atoms with Gasteiger partial charge in [0.05, 0.1) is 13.2 Å². The maximum Gasteiger partial charge on any atom is 0.419 e. The van der Waals surface area contributed by atoms with Crippen LogP contribution >= 0.6 is 0 Å². The topological polar surface area (TPSA) is 102 Å². The van der Waals surface area contributed by atoms with E-state index in [-0.39, 0.29) is 19.6 Å². The summed E-state index contributed by atoms with van der Waals surface area (Å²) in [7, 11) is 1.21. The highest BCUT2D eigenvalue weighted by atomic mass is 16.6. The molecule has 1 aromatic carbocycles. The molecule has 0 aromatic heterocycles. The average Bonchev–Trinajstić information content (AvgIpc) is 2.63. The van der Waals surface area contributed by atoms with Crippen LogP contribution in [0.3, 0.4) is 0 Å². The van der Waals surface area contributed by atoms with Gasteiger partial charge in [-0.3, -0.25) is 0 Å². The van der Waals surface area contributed by atoms with E-state index >= 15 is 0 Å². The molecule has 1 N–H and O–H groups in total. The summed E-state index contributed by atoms with van der Waals surface area (Å²) in [6, 6.07) is 9.01. The fourth-order valence-corrected chi connectivity index (χ4v) is 1.99. The van der Waals surface area contributed by atoms with Gasteiger partial charge in [-0.2, -0.15) is 0 Å². The first-order chi connectivity index (χ1) is 13.1. The summed E-state index contributed by atoms with van der Waals surface area (Å²) in [5, 5.41) is 9.92. The molecule has 0 saturated heterocycles. The Kier molecular flexibility index (Phi) is 9.17. The number of carbonyl (C=O) groups excluding carboxylic acids is 3. The number of aliphatic hydroxyl groups excluding tert-OH is 1. The van der Waals surface area contributed by atoms with E-state index in [9.17, 15) is 19.5 Å². The highest BCUT2D eigenvalue weighted by molar-refractivity contribution is 5.88. The Balaban J connectivity index is 2.74. The second-order valence-corrected chi connectivity index (χ2v) is 6.91. The number of hydrogen-bond acceptors (Lipinski definition) is 7. The molecule has 1 atom stereocenters. The van der Waals surface area contributed by atoms with Crippen molar-refractivity contribution in [1.29, 1.82) is 0 Å². The first-order valence-electron chi connectivity index (χ1n) is 8.78. The van der Waals surface area contributed by atoms with Crippen molar-refractivity contribution >= 4 is 18.2 Å². The molecule has 0 aliphatic heterocycles. The molecule has 0 radical (unpaired) electrons. The van der Waals surface area contributed by atoms with E-state index in [1.54, 1.807) is 45.0 Å². The summed E-state index contributed by atoms with van der Waals surface area (Å²) >= 11 is 0. The van der Waals surface area contributed by atoms with Gasteiger partial charge in [0.1, 0.15) is 12.2 Å². The van der Waals surface area contributed by atoms with Gasteiger partial charge in [-0.1, -0.05) is 30.3 Å². The van der Waals surface area contributed by atoms with Crippen LogP contribution in [0.2, 0.25) is 0 Å². The highest BCUT2D eigenvalue weighted by Gasteiger charge is 2.28. The highest BCUT2D eigenvalue weighted by Crippen LogP contribution is 2.13. The second kappa shape index (κ2) is 11.1. The fraction of sp³-hybridized carbons (Fsp3) is 0.450. The quantitative estimate of drug-likeness (QED) is 0.431. The van der Waals surface area contributed by atoms with Crippen LogP contribution in [-0.2, 0) is 25.6 Å². The largest absolute Gasteiger partial charge is 0.466 e. The maximum absolute atomic E-state index is 12.4. The normalized spacial score (nSPS) is 12.3. The number of amides is 2. The standard InChI is InChI=1S/C20H27NO7/c1-20(2,3)28-19(25)21(13-12-16(22)10-11-17(23)26-4)18(24)27-14-15-8-6-5-7-9-15/h5-11,16,22H,12-14H2,1-4H3/b11-10+. The molecule has 0 aliphatic rings. The lowest BCUT2D eigenvalue weighted by molar-refractivity contribution is -0.134. The molecular weight excluding hydrogens is 366 g/mol. The zero-order valence-electron chi connectivity index (χ0n) is 16.6. The molecule has 0 bridgehead atoms. The van der Waals surface area contributed by atoms with E-state index in [2.05, 4.69) is 4.74 Å². The number of carbonyl (C=O) groups is 3. The number of hydrogen-bond donors (Lipinski definition) is 1. The zero-order chi connectivity index (χ0) is 21.2. The monoisotopic (exact) mass is 393 g/mol. The smallest absolute Gasteiger partial charge is 0.419 e. The van der Waals surface area contributed by atoms with E-state index in [0.717, 1.165) is 16.5 Å². The lowest BCUT2D eigenvalue weighted by Crippen LogP contribution is -2.42. The summed E-state index contributed by atoms with van der Waals surface area (Å²) < 4.78 is 14.9. The summed E-state index contributed by atoms with van der Waals surface area (Å²) in [5.41, 5.74) is -0.0423. The Bertz CT molecular complexity index is 680. The predicted octanol–water partition coefficient (Wildman–Crippen LogP) is 3.04. The minimum Gasteiger partial charge on any atom is -0.466 e. The van der Waals surface area contributed by atoms with E-state index in [4.69, 9.17) is 9.47 Å². The molecular formula is C20H27NO7. The van der Waals surface area contributed by atoms with Crippen LogP contribution in [0.25, 0.3) is 0 Å². The molecule has 0 aliphatic carbocycles. The third-order valence-electron chi connectivity index (χ3n) is 3.34. The Hall–Kier alpha value is -2.87. The van der Waals surface area contributed by atoms with Crippen molar-refractivity contribution in [2.24, 2.45) is 0 Å². The number of ether oxygens (including phenoxy) is 3. The van der Waals surface area contributed by atoms with Crippen LogP contribution in [0.5, 0.6) is 0 Å². The molecule has 0 fully saturated rings. The van der Waals surface area contributed by atoms with E-state index in [0.29, 0.717) is 0 Å². The van der Waals surface area contributed by atoms with Gasteiger partial charge in [-0.25, -0.2) is 19.3 Å². The van der Waals surface area contributed by atoms with Gasteiger partial charge in [0.15, 0.2) is 0 Å². The molecule has 28 heavy (non-hydrogen) atoms. The molecule has 8 nitrogen and oxygen atoms in total. The number of rotatable bonds is 7. The minimum atomic E-state index is -1.06. The van der Waals surface area contributed by atoms with E-state index in [1.165, 1.54) is 13.2 Å². The first-order valence-corrected chi connectivity index (χ1v) is 8.78. The van der Waals surface area contributed by atoms with Crippen molar-refractivity contribution in [2.75, 3.05) is 13.7 Å². The fourth-order valence-electron chi connectivity index (χ4n) is 1.99. The van der Waals surface area contributed by atoms with Crippen molar-refractivity contribution in [3.63, 3.8) is 0 Å². The summed E-state index contributed by atoms with van der Waals surface area (Å²) in [6.07, 6.45) is -0.555. The maximum atomic E-state index is 12.4. The van der Waals surface area contributed by atoms with Crippen molar-refractivity contribution in [3.8, 4) is 0 Å². The molecule has 1 unspecified atom stereocenters. The van der Waals surface area contributed by atoms with Gasteiger partial charge in [-0.05, 0) is 38.8 Å². The number of aliphatic hydroxyl groups is 1. The third kappa shape index (κ3) is 9.18. The Labute approximate surface area is 164 Å². The number of nitrogens with zero attached hydrogens (tertiary/aromatic N) is 1. The van der Waals surface area contributed by atoms with Crippen LogP contribution in [0, 0.1) is 0 Å². The second-order valence-electron chi connectivity index (χ2n) is 6.91. The van der Waals surface area contributed by atoms with Crippen LogP contribution in [0.15, 0.2) is 42.5 Å². The number of methoxy groups -OCH3 is 1.